The van der Waals surface area contributed by atoms with E-state index in [0.29, 0.717) is 56.3 Å². The Bertz CT molecular complexity index is 1020. The number of piperazine rings is 1. The zero-order valence-corrected chi connectivity index (χ0v) is 17.7. The molecule has 2 aliphatic heterocycles. The molecule has 0 spiro atoms. The number of benzene rings is 1. The predicted octanol–water partition coefficient (Wildman–Crippen LogP) is 2.48. The van der Waals surface area contributed by atoms with Crippen LogP contribution >= 0.6 is 0 Å². The first-order valence-corrected chi connectivity index (χ1v) is 10.4. The van der Waals surface area contributed by atoms with Gasteiger partial charge in [-0.2, -0.15) is 0 Å². The average Bonchev–Trinajstić information content (AvgIpc) is 3.24. The van der Waals surface area contributed by atoms with Crippen molar-refractivity contribution in [3.8, 4) is 5.75 Å². The molecule has 2 saturated heterocycles. The minimum absolute atomic E-state index is 0.0450. The first kappa shape index (κ1) is 21.3. The van der Waals surface area contributed by atoms with E-state index in [-0.39, 0.29) is 17.8 Å². The van der Waals surface area contributed by atoms with Crippen molar-refractivity contribution < 1.29 is 19.2 Å². The largest absolute Gasteiger partial charge is 0.495 e. The highest BCUT2D eigenvalue weighted by Gasteiger charge is 2.26. The molecule has 1 aromatic carbocycles. The van der Waals surface area contributed by atoms with E-state index in [1.165, 1.54) is 12.3 Å². The monoisotopic (exact) mass is 440 g/mol. The number of hydrogen-bond acceptors (Lipinski definition) is 7. The maximum absolute atomic E-state index is 12.8. The van der Waals surface area contributed by atoms with E-state index in [9.17, 15) is 19.7 Å². The molecular formula is C21H24N6O5. The Labute approximate surface area is 184 Å². The van der Waals surface area contributed by atoms with Gasteiger partial charge in [0.15, 0.2) is 6.20 Å². The molecule has 2 fully saturated rings. The summed E-state index contributed by atoms with van der Waals surface area (Å²) >= 11 is 0. The van der Waals surface area contributed by atoms with E-state index < -0.39 is 4.92 Å². The van der Waals surface area contributed by atoms with Crippen LogP contribution in [-0.2, 0) is 4.79 Å². The van der Waals surface area contributed by atoms with Gasteiger partial charge in [-0.3, -0.25) is 4.79 Å². The molecule has 0 aliphatic carbocycles. The third-order valence-electron chi connectivity index (χ3n) is 5.65. The fraction of sp³-hybridized carbons (Fsp3) is 0.381. The Kier molecular flexibility index (Phi) is 6.06. The van der Waals surface area contributed by atoms with Crippen LogP contribution in [0.1, 0.15) is 12.8 Å². The molecule has 3 heterocycles. The van der Waals surface area contributed by atoms with E-state index in [1.807, 2.05) is 4.90 Å². The van der Waals surface area contributed by atoms with E-state index in [1.54, 1.807) is 41.2 Å². The maximum Gasteiger partial charge on any atom is 0.363 e. The lowest BCUT2D eigenvalue weighted by atomic mass is 10.2. The number of hydrogen-bond donors (Lipinski definition) is 1. The number of rotatable bonds is 5. The van der Waals surface area contributed by atoms with E-state index >= 15 is 0 Å². The number of carbonyl (C=O) groups excluding carboxylic acids is 2. The van der Waals surface area contributed by atoms with E-state index in [4.69, 9.17) is 4.74 Å². The van der Waals surface area contributed by atoms with Crippen LogP contribution in [0.5, 0.6) is 5.75 Å². The lowest BCUT2D eigenvalue weighted by molar-refractivity contribution is -0.389. The highest BCUT2D eigenvalue weighted by Crippen LogP contribution is 2.34. The van der Waals surface area contributed by atoms with Crippen molar-refractivity contribution in [3.05, 3.63) is 46.6 Å². The Balaban J connectivity index is 1.38. The molecule has 0 bridgehead atoms. The van der Waals surface area contributed by atoms with Crippen molar-refractivity contribution in [2.75, 3.05) is 55.0 Å². The molecule has 4 rings (SSSR count). The quantitative estimate of drug-likeness (QED) is 0.560. The van der Waals surface area contributed by atoms with Crippen LogP contribution in [0.3, 0.4) is 0 Å². The van der Waals surface area contributed by atoms with Crippen molar-refractivity contribution in [2.45, 2.75) is 12.8 Å². The number of carbonyl (C=O) groups is 2. The summed E-state index contributed by atoms with van der Waals surface area (Å²) in [6.45, 7) is 2.80. The summed E-state index contributed by atoms with van der Waals surface area (Å²) in [6.07, 6.45) is 2.79. The lowest BCUT2D eigenvalue weighted by Crippen LogP contribution is -2.50. The number of ether oxygens (including phenoxy) is 1. The van der Waals surface area contributed by atoms with Gasteiger partial charge in [0.05, 0.1) is 18.5 Å². The smallest absolute Gasteiger partial charge is 0.363 e. The topological polar surface area (TPSA) is 121 Å². The number of methoxy groups -OCH3 is 1. The number of pyridine rings is 1. The number of nitrogens with one attached hydrogen (secondary N) is 1. The van der Waals surface area contributed by atoms with Crippen LogP contribution in [0.4, 0.5) is 27.7 Å². The van der Waals surface area contributed by atoms with Gasteiger partial charge < -0.3 is 34.9 Å². The Morgan fingerprint density at radius 1 is 1.16 bits per heavy atom. The second-order valence-electron chi connectivity index (χ2n) is 7.57. The molecule has 1 aromatic heterocycles. The number of nitro groups is 1. The van der Waals surface area contributed by atoms with Crippen LogP contribution in [0.25, 0.3) is 0 Å². The van der Waals surface area contributed by atoms with E-state index in [0.717, 1.165) is 12.1 Å². The van der Waals surface area contributed by atoms with Crippen LogP contribution in [0, 0.1) is 10.1 Å². The molecular weight excluding hydrogens is 416 g/mol. The molecule has 2 aliphatic rings. The molecule has 0 unspecified atom stereocenters. The number of urea groups is 1. The highest BCUT2D eigenvalue weighted by atomic mass is 16.6. The van der Waals surface area contributed by atoms with Gasteiger partial charge in [-0.05, 0) is 40.6 Å². The van der Waals surface area contributed by atoms with Gasteiger partial charge in [-0.25, -0.2) is 4.79 Å². The van der Waals surface area contributed by atoms with E-state index in [2.05, 4.69) is 10.3 Å². The van der Waals surface area contributed by atoms with Crippen molar-refractivity contribution in [1.82, 2.24) is 9.88 Å². The van der Waals surface area contributed by atoms with Crippen LogP contribution in [-0.4, -0.2) is 66.6 Å². The summed E-state index contributed by atoms with van der Waals surface area (Å²) < 4.78 is 5.39. The van der Waals surface area contributed by atoms with Crippen LogP contribution in [0.15, 0.2) is 36.5 Å². The van der Waals surface area contributed by atoms with Gasteiger partial charge in [0.2, 0.25) is 5.91 Å². The van der Waals surface area contributed by atoms with Crippen LogP contribution in [0.2, 0.25) is 0 Å². The molecule has 3 amide bonds. The van der Waals surface area contributed by atoms with Crippen molar-refractivity contribution in [1.29, 1.82) is 0 Å². The van der Waals surface area contributed by atoms with Gasteiger partial charge in [0.1, 0.15) is 5.75 Å². The molecule has 1 N–H and O–H groups in total. The standard InChI is InChI=1S/C21H24N6O5/c1-32-18-6-4-15(13-17(18)26-8-2-3-20(26)28)23-21(29)25-11-9-24(10-12-25)16-5-7-19(22-14-16)27(30)31/h4-7,13-14H,2-3,8-12H2,1H3,(H,23,29). The molecule has 0 saturated carbocycles. The third kappa shape index (κ3) is 4.41. The summed E-state index contributed by atoms with van der Waals surface area (Å²) in [6, 6.07) is 8.07. The first-order valence-electron chi connectivity index (χ1n) is 10.4. The molecule has 11 nitrogen and oxygen atoms in total. The zero-order chi connectivity index (χ0) is 22.7. The number of amides is 3. The molecule has 168 valence electrons. The van der Waals surface area contributed by atoms with Crippen molar-refractivity contribution >= 4 is 34.8 Å². The summed E-state index contributed by atoms with van der Waals surface area (Å²) in [4.78, 5) is 44.4. The van der Waals surface area contributed by atoms with Crippen molar-refractivity contribution in [3.63, 3.8) is 0 Å². The molecule has 0 atom stereocenters. The summed E-state index contributed by atoms with van der Waals surface area (Å²) in [5, 5.41) is 13.7. The Hall–Kier alpha value is -3.89. The minimum atomic E-state index is -0.531. The number of nitrogens with zero attached hydrogens (tertiary/aromatic N) is 5. The summed E-state index contributed by atoms with van der Waals surface area (Å²) in [7, 11) is 1.55. The molecule has 11 heteroatoms. The number of aromatic nitrogens is 1. The van der Waals surface area contributed by atoms with Gasteiger partial charge in [-0.15, -0.1) is 0 Å². The second-order valence-corrected chi connectivity index (χ2v) is 7.57. The molecule has 32 heavy (non-hydrogen) atoms. The van der Waals surface area contributed by atoms with Gasteiger partial charge in [0, 0.05) is 50.9 Å². The highest BCUT2D eigenvalue weighted by molar-refractivity contribution is 5.98. The fourth-order valence-electron chi connectivity index (χ4n) is 3.93. The zero-order valence-electron chi connectivity index (χ0n) is 17.7. The van der Waals surface area contributed by atoms with Crippen LogP contribution < -0.4 is 19.9 Å². The Morgan fingerprint density at radius 2 is 1.94 bits per heavy atom. The fourth-order valence-corrected chi connectivity index (χ4v) is 3.93. The minimum Gasteiger partial charge on any atom is -0.495 e. The van der Waals surface area contributed by atoms with Crippen molar-refractivity contribution in [2.24, 2.45) is 0 Å². The molecule has 2 aromatic rings. The lowest BCUT2D eigenvalue weighted by Gasteiger charge is -2.35. The van der Waals surface area contributed by atoms with Gasteiger partial charge in [0.25, 0.3) is 0 Å². The predicted molar refractivity (Wildman–Crippen MR) is 118 cm³/mol. The summed E-state index contributed by atoms with van der Waals surface area (Å²) in [5.41, 5.74) is 2.03. The second kappa shape index (κ2) is 9.08. The first-order chi connectivity index (χ1) is 15.5. The normalized spacial score (nSPS) is 16.3. The molecule has 0 radical (unpaired) electrons. The number of anilines is 3. The maximum atomic E-state index is 12.8. The average molecular weight is 440 g/mol. The van der Waals surface area contributed by atoms with Gasteiger partial charge >= 0.3 is 11.8 Å². The Morgan fingerprint density at radius 3 is 2.53 bits per heavy atom. The third-order valence-corrected chi connectivity index (χ3v) is 5.65. The SMILES string of the molecule is COc1ccc(NC(=O)N2CCN(c3ccc([N+](=O)[O-])nc3)CC2)cc1N1CCCC1=O. The van der Waals surface area contributed by atoms with Gasteiger partial charge in [-0.1, -0.05) is 0 Å². The summed E-state index contributed by atoms with van der Waals surface area (Å²) in [5.74, 6) is 0.438.